The molecule has 116 valence electrons. The molecule has 0 saturated carbocycles. The number of methoxy groups -OCH3 is 2. The molecule has 1 aliphatic heterocycles. The number of ether oxygens (including phenoxy) is 3. The molecule has 2 rings (SSSR count). The Morgan fingerprint density at radius 2 is 2.00 bits per heavy atom. The minimum Gasteiger partial charge on any atom is -0.497 e. The average molecular weight is 290 g/mol. The van der Waals surface area contributed by atoms with Crippen LogP contribution in [-0.2, 0) is 11.2 Å². The molecule has 1 aromatic rings. The molecule has 1 saturated heterocycles. The third kappa shape index (κ3) is 4.24. The third-order valence-corrected chi connectivity index (χ3v) is 4.12. The first-order valence-electron chi connectivity index (χ1n) is 7.50. The molecule has 1 aromatic carbocycles. The van der Waals surface area contributed by atoms with Crippen molar-refractivity contribution in [1.29, 1.82) is 0 Å². The van der Waals surface area contributed by atoms with Crippen molar-refractivity contribution in [3.05, 3.63) is 35.4 Å². The smallest absolute Gasteiger partial charge is 0.122 e. The highest BCUT2D eigenvalue weighted by Gasteiger charge is 2.46. The molecular formula is C18H26O3. The van der Waals surface area contributed by atoms with Crippen molar-refractivity contribution in [2.45, 2.75) is 51.7 Å². The summed E-state index contributed by atoms with van der Waals surface area (Å²) in [6, 6.07) is 5.92. The van der Waals surface area contributed by atoms with Crippen LogP contribution in [0.3, 0.4) is 0 Å². The van der Waals surface area contributed by atoms with Gasteiger partial charge in [0.1, 0.15) is 11.5 Å². The first kappa shape index (κ1) is 15.9. The standard InChI is InChI=1S/C18H26O3/c1-13(7-11-17-18(2,3)21-17)6-8-14-12-15(19-4)9-10-16(14)20-5/h6,9-10,12,17H,7-8,11H2,1-5H3/b13-6+. The van der Waals surface area contributed by atoms with E-state index in [2.05, 4.69) is 26.8 Å². The van der Waals surface area contributed by atoms with Crippen LogP contribution in [0.1, 0.15) is 39.2 Å². The van der Waals surface area contributed by atoms with Gasteiger partial charge >= 0.3 is 0 Å². The second-order valence-corrected chi connectivity index (χ2v) is 6.18. The molecule has 3 heteroatoms. The highest BCUT2D eigenvalue weighted by atomic mass is 16.6. The van der Waals surface area contributed by atoms with Crippen molar-refractivity contribution >= 4 is 0 Å². The Balaban J connectivity index is 1.92. The molecule has 21 heavy (non-hydrogen) atoms. The molecule has 1 fully saturated rings. The van der Waals surface area contributed by atoms with Crippen LogP contribution >= 0.6 is 0 Å². The molecule has 0 radical (unpaired) electrons. The molecule has 0 aliphatic carbocycles. The van der Waals surface area contributed by atoms with Gasteiger partial charge in [-0.15, -0.1) is 0 Å². The molecule has 0 amide bonds. The molecular weight excluding hydrogens is 264 g/mol. The van der Waals surface area contributed by atoms with Gasteiger partial charge in [-0.1, -0.05) is 11.6 Å². The zero-order valence-electron chi connectivity index (χ0n) is 13.7. The molecule has 0 spiro atoms. The maximum absolute atomic E-state index is 5.62. The third-order valence-electron chi connectivity index (χ3n) is 4.12. The summed E-state index contributed by atoms with van der Waals surface area (Å²) >= 11 is 0. The highest BCUT2D eigenvalue weighted by molar-refractivity contribution is 5.41. The highest BCUT2D eigenvalue weighted by Crippen LogP contribution is 2.39. The molecule has 3 nitrogen and oxygen atoms in total. The number of hydrogen-bond donors (Lipinski definition) is 0. The van der Waals surface area contributed by atoms with Crippen LogP contribution in [0, 0.1) is 0 Å². The van der Waals surface area contributed by atoms with E-state index in [-0.39, 0.29) is 5.60 Å². The first-order chi connectivity index (χ1) is 9.96. The van der Waals surface area contributed by atoms with Crippen molar-refractivity contribution in [2.24, 2.45) is 0 Å². The van der Waals surface area contributed by atoms with E-state index >= 15 is 0 Å². The van der Waals surface area contributed by atoms with Gasteiger partial charge in [0, 0.05) is 5.56 Å². The predicted molar refractivity (Wildman–Crippen MR) is 85.2 cm³/mol. The van der Waals surface area contributed by atoms with Crippen LogP contribution in [0.5, 0.6) is 11.5 Å². The topological polar surface area (TPSA) is 31.0 Å². The fourth-order valence-corrected chi connectivity index (χ4v) is 2.53. The Kier molecular flexibility index (Phi) is 4.94. The van der Waals surface area contributed by atoms with E-state index in [9.17, 15) is 0 Å². The lowest BCUT2D eigenvalue weighted by atomic mass is 10.0. The van der Waals surface area contributed by atoms with Crippen LogP contribution in [0.15, 0.2) is 29.8 Å². The number of rotatable bonds is 7. The lowest BCUT2D eigenvalue weighted by Crippen LogP contribution is -2.02. The number of hydrogen-bond acceptors (Lipinski definition) is 3. The Morgan fingerprint density at radius 1 is 1.29 bits per heavy atom. The zero-order valence-corrected chi connectivity index (χ0v) is 13.7. The van der Waals surface area contributed by atoms with E-state index in [1.807, 2.05) is 18.2 Å². The van der Waals surface area contributed by atoms with Crippen molar-refractivity contribution in [3.63, 3.8) is 0 Å². The Bertz CT molecular complexity index is 517. The van der Waals surface area contributed by atoms with Crippen molar-refractivity contribution < 1.29 is 14.2 Å². The van der Waals surface area contributed by atoms with Crippen LogP contribution in [-0.4, -0.2) is 25.9 Å². The van der Waals surface area contributed by atoms with E-state index in [1.165, 1.54) is 5.57 Å². The molecule has 1 heterocycles. The summed E-state index contributed by atoms with van der Waals surface area (Å²) < 4.78 is 16.3. The van der Waals surface area contributed by atoms with Gasteiger partial charge in [0.15, 0.2) is 0 Å². The number of allylic oxidation sites excluding steroid dienone is 2. The molecule has 0 aromatic heterocycles. The van der Waals surface area contributed by atoms with Crippen molar-refractivity contribution in [1.82, 2.24) is 0 Å². The summed E-state index contributed by atoms with van der Waals surface area (Å²) in [4.78, 5) is 0. The van der Waals surface area contributed by atoms with Gasteiger partial charge in [-0.25, -0.2) is 0 Å². The summed E-state index contributed by atoms with van der Waals surface area (Å²) in [5.74, 6) is 1.77. The lowest BCUT2D eigenvalue weighted by molar-refractivity contribution is 0.320. The zero-order chi connectivity index (χ0) is 15.5. The quantitative estimate of drug-likeness (QED) is 0.558. The summed E-state index contributed by atoms with van der Waals surface area (Å²) in [6.07, 6.45) is 5.74. The monoisotopic (exact) mass is 290 g/mol. The van der Waals surface area contributed by atoms with Crippen LogP contribution in [0.25, 0.3) is 0 Å². The Morgan fingerprint density at radius 3 is 2.57 bits per heavy atom. The Hall–Kier alpha value is -1.48. The van der Waals surface area contributed by atoms with Gasteiger partial charge in [0.05, 0.1) is 25.9 Å². The van der Waals surface area contributed by atoms with Crippen LogP contribution < -0.4 is 9.47 Å². The minimum absolute atomic E-state index is 0.0935. The molecule has 0 N–H and O–H groups in total. The largest absolute Gasteiger partial charge is 0.497 e. The lowest BCUT2D eigenvalue weighted by Gasteiger charge is -2.09. The van der Waals surface area contributed by atoms with Gasteiger partial charge in [-0.05, 0) is 58.2 Å². The van der Waals surface area contributed by atoms with Crippen molar-refractivity contribution in [2.75, 3.05) is 14.2 Å². The van der Waals surface area contributed by atoms with E-state index in [4.69, 9.17) is 14.2 Å². The minimum atomic E-state index is 0.0935. The summed E-state index contributed by atoms with van der Waals surface area (Å²) in [7, 11) is 3.39. The number of benzene rings is 1. The fourth-order valence-electron chi connectivity index (χ4n) is 2.53. The van der Waals surface area contributed by atoms with Gasteiger partial charge < -0.3 is 14.2 Å². The van der Waals surface area contributed by atoms with Crippen molar-refractivity contribution in [3.8, 4) is 11.5 Å². The van der Waals surface area contributed by atoms with Gasteiger partial charge in [-0.3, -0.25) is 0 Å². The van der Waals surface area contributed by atoms with Crippen LogP contribution in [0.4, 0.5) is 0 Å². The second kappa shape index (κ2) is 6.52. The predicted octanol–water partition coefficient (Wildman–Crippen LogP) is 4.15. The van der Waals surface area contributed by atoms with E-state index in [0.717, 1.165) is 36.3 Å². The SMILES string of the molecule is COc1ccc(OC)c(C/C=C(\C)CCC2OC2(C)C)c1. The summed E-state index contributed by atoms with van der Waals surface area (Å²) in [5, 5.41) is 0. The fraction of sp³-hybridized carbons (Fsp3) is 0.556. The van der Waals surface area contributed by atoms with Crippen LogP contribution in [0.2, 0.25) is 0 Å². The van der Waals surface area contributed by atoms with Gasteiger partial charge in [0.2, 0.25) is 0 Å². The molecule has 0 bridgehead atoms. The first-order valence-corrected chi connectivity index (χ1v) is 7.50. The van der Waals surface area contributed by atoms with E-state index in [1.54, 1.807) is 14.2 Å². The van der Waals surface area contributed by atoms with Gasteiger partial charge in [-0.2, -0.15) is 0 Å². The normalized spacial score (nSPS) is 20.2. The molecule has 1 atom stereocenters. The molecule has 1 unspecified atom stereocenters. The van der Waals surface area contributed by atoms with Gasteiger partial charge in [0.25, 0.3) is 0 Å². The maximum Gasteiger partial charge on any atom is 0.122 e. The maximum atomic E-state index is 5.62. The average Bonchev–Trinajstić information content (AvgIpc) is 3.09. The summed E-state index contributed by atoms with van der Waals surface area (Å²) in [5.41, 5.74) is 2.64. The van der Waals surface area contributed by atoms with E-state index in [0.29, 0.717) is 6.10 Å². The van der Waals surface area contributed by atoms with E-state index < -0.39 is 0 Å². The molecule has 1 aliphatic rings. The Labute approximate surface area is 127 Å². The number of epoxide rings is 1. The second-order valence-electron chi connectivity index (χ2n) is 6.18. The summed E-state index contributed by atoms with van der Waals surface area (Å²) in [6.45, 7) is 6.48.